The first-order chi connectivity index (χ1) is 8.54. The Labute approximate surface area is 115 Å². The normalized spacial score (nSPS) is 12.9. The molecule has 1 atom stereocenters. The van der Waals surface area contributed by atoms with Crippen LogP contribution in [0.25, 0.3) is 0 Å². The molecule has 1 N–H and O–H groups in total. The molecule has 0 aliphatic rings. The molecule has 0 bridgehead atoms. The van der Waals surface area contributed by atoms with Gasteiger partial charge in [0.1, 0.15) is 11.9 Å². The fourth-order valence-electron chi connectivity index (χ4n) is 2.04. The number of hydrogen-bond donors (Lipinski definition) is 1. The van der Waals surface area contributed by atoms with Crippen molar-refractivity contribution in [2.45, 2.75) is 32.8 Å². The quantitative estimate of drug-likeness (QED) is 0.944. The van der Waals surface area contributed by atoms with Crippen molar-refractivity contribution in [2.75, 3.05) is 0 Å². The lowest BCUT2D eigenvalue weighted by molar-refractivity contribution is 0.147. The van der Waals surface area contributed by atoms with Gasteiger partial charge < -0.3 is 9.52 Å². The number of aromatic nitrogens is 2. The predicted octanol–water partition coefficient (Wildman–Crippen LogP) is 2.92. The summed E-state index contributed by atoms with van der Waals surface area (Å²) >= 11 is 3.55. The van der Waals surface area contributed by atoms with Crippen LogP contribution in [0.2, 0.25) is 0 Å². The second-order valence-corrected chi connectivity index (χ2v) is 5.17. The molecule has 98 valence electrons. The van der Waals surface area contributed by atoms with Gasteiger partial charge in [-0.25, -0.2) is 0 Å². The van der Waals surface area contributed by atoms with E-state index in [2.05, 4.69) is 28.0 Å². The van der Waals surface area contributed by atoms with Crippen LogP contribution >= 0.6 is 15.9 Å². The zero-order valence-electron chi connectivity index (χ0n) is 10.8. The molecule has 2 aromatic heterocycles. The third-order valence-electron chi connectivity index (χ3n) is 3.09. The smallest absolute Gasteiger partial charge is 0.135 e. The van der Waals surface area contributed by atoms with E-state index in [1.54, 1.807) is 6.26 Å². The van der Waals surface area contributed by atoms with Crippen molar-refractivity contribution in [2.24, 2.45) is 7.05 Å². The summed E-state index contributed by atoms with van der Waals surface area (Å²) < 4.78 is 8.11. The Balaban J connectivity index is 2.24. The molecule has 4 nitrogen and oxygen atoms in total. The number of aliphatic hydroxyl groups excluding tert-OH is 1. The Morgan fingerprint density at radius 1 is 1.56 bits per heavy atom. The third-order valence-corrected chi connectivity index (χ3v) is 4.01. The molecule has 0 saturated carbocycles. The molecule has 1 unspecified atom stereocenters. The van der Waals surface area contributed by atoms with Crippen LogP contribution in [0.3, 0.4) is 0 Å². The minimum atomic E-state index is -0.642. The summed E-state index contributed by atoms with van der Waals surface area (Å²) in [6.45, 7) is 3.99. The molecule has 0 saturated heterocycles. The molecule has 2 heterocycles. The molecule has 0 amide bonds. The number of nitrogens with zero attached hydrogens (tertiary/aromatic N) is 2. The number of furan rings is 1. The first-order valence-electron chi connectivity index (χ1n) is 5.96. The summed E-state index contributed by atoms with van der Waals surface area (Å²) in [5.41, 5.74) is 2.96. The highest BCUT2D eigenvalue weighted by atomic mass is 79.9. The first kappa shape index (κ1) is 13.4. The monoisotopic (exact) mass is 312 g/mol. The first-order valence-corrected chi connectivity index (χ1v) is 6.76. The minimum Gasteiger partial charge on any atom is -0.466 e. The maximum absolute atomic E-state index is 10.2. The fraction of sp³-hybridized carbons (Fsp3) is 0.462. The van der Waals surface area contributed by atoms with Gasteiger partial charge in [-0.2, -0.15) is 5.10 Å². The molecule has 5 heteroatoms. The van der Waals surface area contributed by atoms with E-state index >= 15 is 0 Å². The van der Waals surface area contributed by atoms with Crippen molar-refractivity contribution in [3.8, 4) is 0 Å². The van der Waals surface area contributed by atoms with Crippen LogP contribution in [-0.4, -0.2) is 14.9 Å². The van der Waals surface area contributed by atoms with Crippen LogP contribution in [-0.2, 0) is 19.9 Å². The Hall–Kier alpha value is -1.07. The van der Waals surface area contributed by atoms with Gasteiger partial charge in [-0.05, 0) is 40.9 Å². The summed E-state index contributed by atoms with van der Waals surface area (Å²) in [4.78, 5) is 0. The van der Waals surface area contributed by atoms with Gasteiger partial charge in [0, 0.05) is 13.5 Å². The van der Waals surface area contributed by atoms with Crippen molar-refractivity contribution in [1.82, 2.24) is 9.78 Å². The van der Waals surface area contributed by atoms with E-state index in [9.17, 15) is 5.11 Å². The van der Waals surface area contributed by atoms with Crippen molar-refractivity contribution in [1.29, 1.82) is 0 Å². The van der Waals surface area contributed by atoms with E-state index in [0.29, 0.717) is 12.2 Å². The lowest BCUT2D eigenvalue weighted by Crippen LogP contribution is -2.07. The molecule has 0 radical (unpaired) electrons. The van der Waals surface area contributed by atoms with Crippen LogP contribution in [0.4, 0.5) is 0 Å². The van der Waals surface area contributed by atoms with Gasteiger partial charge in [0.05, 0.1) is 22.1 Å². The molecule has 0 aliphatic heterocycles. The fourth-order valence-corrected chi connectivity index (χ4v) is 2.82. The highest BCUT2D eigenvalue weighted by molar-refractivity contribution is 9.10. The molecule has 0 aliphatic carbocycles. The lowest BCUT2D eigenvalue weighted by Gasteiger charge is -2.09. The highest BCUT2D eigenvalue weighted by Crippen LogP contribution is 2.28. The van der Waals surface area contributed by atoms with Gasteiger partial charge in [0.15, 0.2) is 0 Å². The topological polar surface area (TPSA) is 51.2 Å². The van der Waals surface area contributed by atoms with Crippen molar-refractivity contribution >= 4 is 15.9 Å². The van der Waals surface area contributed by atoms with Crippen LogP contribution in [0.1, 0.15) is 35.7 Å². The van der Waals surface area contributed by atoms with Crippen molar-refractivity contribution < 1.29 is 9.52 Å². The Morgan fingerprint density at radius 2 is 2.28 bits per heavy atom. The Kier molecular flexibility index (Phi) is 3.92. The summed E-state index contributed by atoms with van der Waals surface area (Å²) in [5, 5.41) is 14.6. The number of hydrogen-bond acceptors (Lipinski definition) is 3. The van der Waals surface area contributed by atoms with Crippen molar-refractivity contribution in [3.05, 3.63) is 39.5 Å². The molecular formula is C13H17BrN2O2. The summed E-state index contributed by atoms with van der Waals surface area (Å²) in [6, 6.07) is 1.86. The summed E-state index contributed by atoms with van der Waals surface area (Å²) in [6.07, 6.45) is 2.31. The van der Waals surface area contributed by atoms with E-state index in [1.165, 1.54) is 0 Å². The maximum Gasteiger partial charge on any atom is 0.135 e. The minimum absolute atomic E-state index is 0.485. The molecule has 0 fully saturated rings. The van der Waals surface area contributed by atoms with Gasteiger partial charge in [-0.1, -0.05) is 6.92 Å². The number of aryl methyl sites for hydroxylation is 3. The zero-order valence-corrected chi connectivity index (χ0v) is 12.4. The second kappa shape index (κ2) is 5.28. The maximum atomic E-state index is 10.2. The molecule has 0 spiro atoms. The van der Waals surface area contributed by atoms with Gasteiger partial charge in [-0.15, -0.1) is 0 Å². The summed E-state index contributed by atoms with van der Waals surface area (Å²) in [7, 11) is 1.89. The SMILES string of the molecule is CCc1nn(C)c(CC(O)c2occc2C)c1Br. The Morgan fingerprint density at radius 3 is 2.78 bits per heavy atom. The molecular weight excluding hydrogens is 296 g/mol. The average Bonchev–Trinajstić information content (AvgIpc) is 2.87. The van der Waals surface area contributed by atoms with Gasteiger partial charge in [-0.3, -0.25) is 4.68 Å². The van der Waals surface area contributed by atoms with Crippen LogP contribution in [0.15, 0.2) is 21.2 Å². The lowest BCUT2D eigenvalue weighted by atomic mass is 10.1. The second-order valence-electron chi connectivity index (χ2n) is 4.37. The standard InChI is InChI=1S/C13H17BrN2O2/c1-4-9-12(14)10(16(3)15-9)7-11(17)13-8(2)5-6-18-13/h5-6,11,17H,4,7H2,1-3H3. The zero-order chi connectivity index (χ0) is 13.3. The van der Waals surface area contributed by atoms with E-state index in [-0.39, 0.29) is 0 Å². The molecule has 2 rings (SSSR count). The van der Waals surface area contributed by atoms with E-state index in [0.717, 1.165) is 27.8 Å². The number of rotatable bonds is 4. The largest absolute Gasteiger partial charge is 0.466 e. The van der Waals surface area contributed by atoms with E-state index in [4.69, 9.17) is 4.42 Å². The van der Waals surface area contributed by atoms with Crippen LogP contribution in [0.5, 0.6) is 0 Å². The van der Waals surface area contributed by atoms with Crippen molar-refractivity contribution in [3.63, 3.8) is 0 Å². The molecule has 0 aromatic carbocycles. The van der Waals surface area contributed by atoms with Gasteiger partial charge in [0.2, 0.25) is 0 Å². The van der Waals surface area contributed by atoms with Gasteiger partial charge in [0.25, 0.3) is 0 Å². The molecule has 18 heavy (non-hydrogen) atoms. The number of halogens is 1. The summed E-state index contributed by atoms with van der Waals surface area (Å²) in [5.74, 6) is 0.626. The average molecular weight is 313 g/mol. The predicted molar refractivity (Wildman–Crippen MR) is 72.4 cm³/mol. The molecule has 2 aromatic rings. The van der Waals surface area contributed by atoms with E-state index in [1.807, 2.05) is 24.7 Å². The van der Waals surface area contributed by atoms with Crippen LogP contribution in [0, 0.1) is 6.92 Å². The highest BCUT2D eigenvalue weighted by Gasteiger charge is 2.20. The van der Waals surface area contributed by atoms with Gasteiger partial charge >= 0.3 is 0 Å². The number of aliphatic hydroxyl groups is 1. The third kappa shape index (κ3) is 2.37. The van der Waals surface area contributed by atoms with E-state index < -0.39 is 6.10 Å². The van der Waals surface area contributed by atoms with Crippen LogP contribution < -0.4 is 0 Å². The Bertz CT molecular complexity index is 545.